The minimum Gasteiger partial charge on any atom is -0.481 e. The SMILES string of the molecule is CCN(CCC#N)C(=O)N1CC(CC(=O)O)C1. The highest BCUT2D eigenvalue weighted by atomic mass is 16.4. The average molecular weight is 239 g/mol. The maximum atomic E-state index is 11.9. The van der Waals surface area contributed by atoms with Gasteiger partial charge < -0.3 is 14.9 Å². The van der Waals surface area contributed by atoms with Crippen molar-refractivity contribution in [2.45, 2.75) is 19.8 Å². The van der Waals surface area contributed by atoms with Crippen molar-refractivity contribution in [1.82, 2.24) is 9.80 Å². The van der Waals surface area contributed by atoms with E-state index in [2.05, 4.69) is 0 Å². The number of carboxylic acids is 1. The number of hydrogen-bond donors (Lipinski definition) is 1. The molecule has 1 rings (SSSR count). The lowest BCUT2D eigenvalue weighted by molar-refractivity contribution is -0.139. The zero-order chi connectivity index (χ0) is 12.8. The second-order valence-corrected chi connectivity index (χ2v) is 4.14. The van der Waals surface area contributed by atoms with Gasteiger partial charge in [-0.25, -0.2) is 4.79 Å². The van der Waals surface area contributed by atoms with E-state index in [0.717, 1.165) is 0 Å². The highest BCUT2D eigenvalue weighted by molar-refractivity contribution is 5.76. The van der Waals surface area contributed by atoms with Crippen molar-refractivity contribution in [3.63, 3.8) is 0 Å². The fraction of sp³-hybridized carbons (Fsp3) is 0.727. The number of hydrogen-bond acceptors (Lipinski definition) is 3. The first-order chi connectivity index (χ1) is 8.08. The van der Waals surface area contributed by atoms with Gasteiger partial charge in [0.1, 0.15) is 0 Å². The van der Waals surface area contributed by atoms with Crippen LogP contribution in [-0.2, 0) is 4.79 Å². The van der Waals surface area contributed by atoms with Crippen molar-refractivity contribution in [3.05, 3.63) is 0 Å². The van der Waals surface area contributed by atoms with E-state index >= 15 is 0 Å². The molecule has 6 heteroatoms. The summed E-state index contributed by atoms with van der Waals surface area (Å²) in [6.07, 6.45) is 0.445. The van der Waals surface area contributed by atoms with Crippen LogP contribution in [0.15, 0.2) is 0 Å². The predicted octanol–water partition coefficient (Wildman–Crippen LogP) is 0.748. The summed E-state index contributed by atoms with van der Waals surface area (Å²) >= 11 is 0. The maximum absolute atomic E-state index is 11.9. The van der Waals surface area contributed by atoms with E-state index < -0.39 is 5.97 Å². The van der Waals surface area contributed by atoms with Crippen molar-refractivity contribution in [1.29, 1.82) is 5.26 Å². The molecule has 0 aromatic rings. The highest BCUT2D eigenvalue weighted by Gasteiger charge is 2.33. The summed E-state index contributed by atoms with van der Waals surface area (Å²) in [5.41, 5.74) is 0. The van der Waals surface area contributed by atoms with Crippen LogP contribution < -0.4 is 0 Å². The summed E-state index contributed by atoms with van der Waals surface area (Å²) in [7, 11) is 0. The van der Waals surface area contributed by atoms with Crippen molar-refractivity contribution in [2.24, 2.45) is 5.92 Å². The van der Waals surface area contributed by atoms with Gasteiger partial charge in [0.05, 0.1) is 18.9 Å². The zero-order valence-corrected chi connectivity index (χ0v) is 9.93. The van der Waals surface area contributed by atoms with Gasteiger partial charge in [0.15, 0.2) is 0 Å². The third-order valence-electron chi connectivity index (χ3n) is 2.84. The van der Waals surface area contributed by atoms with E-state index in [0.29, 0.717) is 32.6 Å². The molecule has 2 amide bonds. The lowest BCUT2D eigenvalue weighted by Crippen LogP contribution is -2.55. The fourth-order valence-corrected chi connectivity index (χ4v) is 1.88. The molecule has 1 fully saturated rings. The maximum Gasteiger partial charge on any atom is 0.320 e. The molecule has 94 valence electrons. The number of carbonyl (C=O) groups excluding carboxylic acids is 1. The van der Waals surface area contributed by atoms with Crippen molar-refractivity contribution < 1.29 is 14.7 Å². The van der Waals surface area contributed by atoms with Crippen LogP contribution in [-0.4, -0.2) is 53.1 Å². The Hall–Kier alpha value is -1.77. The van der Waals surface area contributed by atoms with Gasteiger partial charge in [-0.15, -0.1) is 0 Å². The Labute approximate surface area is 100 Å². The molecule has 0 unspecified atom stereocenters. The summed E-state index contributed by atoms with van der Waals surface area (Å²) in [4.78, 5) is 25.6. The van der Waals surface area contributed by atoms with Gasteiger partial charge in [0.2, 0.25) is 0 Å². The minimum atomic E-state index is -0.820. The summed E-state index contributed by atoms with van der Waals surface area (Å²) in [5.74, 6) is -0.745. The van der Waals surface area contributed by atoms with Gasteiger partial charge in [-0.2, -0.15) is 5.26 Å². The standard InChI is InChI=1S/C11H17N3O3/c1-2-13(5-3-4-12)11(17)14-7-9(8-14)6-10(15)16/h9H,2-3,5-8H2,1H3,(H,15,16). The van der Waals surface area contributed by atoms with Crippen LogP contribution in [0.2, 0.25) is 0 Å². The summed E-state index contributed by atoms with van der Waals surface area (Å²) in [6.45, 7) is 3.89. The molecular weight excluding hydrogens is 222 g/mol. The van der Waals surface area contributed by atoms with Crippen LogP contribution in [0.4, 0.5) is 4.79 Å². The van der Waals surface area contributed by atoms with Gasteiger partial charge in [0, 0.05) is 32.1 Å². The molecule has 0 aromatic carbocycles. The van der Waals surface area contributed by atoms with E-state index in [1.807, 2.05) is 13.0 Å². The number of likely N-dealkylation sites (tertiary alicyclic amines) is 1. The minimum absolute atomic E-state index is 0.0751. The number of carboxylic acid groups (broad SMARTS) is 1. The number of amides is 2. The van der Waals surface area contributed by atoms with Crippen LogP contribution in [0.3, 0.4) is 0 Å². The largest absolute Gasteiger partial charge is 0.481 e. The molecule has 1 aliphatic rings. The first kappa shape index (κ1) is 13.3. The van der Waals surface area contributed by atoms with E-state index in [4.69, 9.17) is 10.4 Å². The Morgan fingerprint density at radius 3 is 2.65 bits per heavy atom. The van der Waals surface area contributed by atoms with Crippen LogP contribution in [0.25, 0.3) is 0 Å². The molecule has 1 N–H and O–H groups in total. The Morgan fingerprint density at radius 2 is 2.18 bits per heavy atom. The quantitative estimate of drug-likeness (QED) is 0.767. The van der Waals surface area contributed by atoms with Gasteiger partial charge >= 0.3 is 12.0 Å². The molecule has 17 heavy (non-hydrogen) atoms. The second kappa shape index (κ2) is 6.09. The first-order valence-electron chi connectivity index (χ1n) is 5.71. The number of urea groups is 1. The normalized spacial score (nSPS) is 14.9. The summed E-state index contributed by atoms with van der Waals surface area (Å²) in [5, 5.41) is 17.1. The Bertz CT molecular complexity index is 331. The number of rotatable bonds is 5. The van der Waals surface area contributed by atoms with E-state index in [1.165, 1.54) is 0 Å². The van der Waals surface area contributed by atoms with Gasteiger partial charge in [-0.05, 0) is 6.92 Å². The molecular formula is C11H17N3O3. The predicted molar refractivity (Wildman–Crippen MR) is 60.2 cm³/mol. The van der Waals surface area contributed by atoms with Crippen molar-refractivity contribution in [3.8, 4) is 6.07 Å². The number of nitrogens with zero attached hydrogens (tertiary/aromatic N) is 3. The summed E-state index contributed by atoms with van der Waals surface area (Å²) in [6, 6.07) is 1.91. The molecule has 1 aliphatic heterocycles. The molecule has 0 spiro atoms. The number of aliphatic carboxylic acids is 1. The molecule has 0 radical (unpaired) electrons. The van der Waals surface area contributed by atoms with E-state index in [9.17, 15) is 9.59 Å². The smallest absolute Gasteiger partial charge is 0.320 e. The number of carbonyl (C=O) groups is 2. The average Bonchev–Trinajstić information content (AvgIpc) is 2.23. The fourth-order valence-electron chi connectivity index (χ4n) is 1.88. The second-order valence-electron chi connectivity index (χ2n) is 4.14. The molecule has 6 nitrogen and oxygen atoms in total. The third-order valence-corrected chi connectivity index (χ3v) is 2.84. The van der Waals surface area contributed by atoms with Crippen LogP contribution >= 0.6 is 0 Å². The van der Waals surface area contributed by atoms with E-state index in [1.54, 1.807) is 9.80 Å². The zero-order valence-electron chi connectivity index (χ0n) is 9.93. The Balaban J connectivity index is 2.34. The molecule has 0 saturated carbocycles. The van der Waals surface area contributed by atoms with Crippen molar-refractivity contribution >= 4 is 12.0 Å². The van der Waals surface area contributed by atoms with E-state index in [-0.39, 0.29) is 18.4 Å². The molecule has 1 saturated heterocycles. The van der Waals surface area contributed by atoms with Crippen LogP contribution in [0.5, 0.6) is 0 Å². The van der Waals surface area contributed by atoms with Crippen LogP contribution in [0.1, 0.15) is 19.8 Å². The highest BCUT2D eigenvalue weighted by Crippen LogP contribution is 2.20. The van der Waals surface area contributed by atoms with Gasteiger partial charge in [-0.3, -0.25) is 4.79 Å². The van der Waals surface area contributed by atoms with Crippen LogP contribution in [0, 0.1) is 17.2 Å². The molecule has 0 bridgehead atoms. The molecule has 0 aliphatic carbocycles. The first-order valence-corrected chi connectivity index (χ1v) is 5.71. The lowest BCUT2D eigenvalue weighted by atomic mass is 9.97. The monoisotopic (exact) mass is 239 g/mol. The van der Waals surface area contributed by atoms with Crippen molar-refractivity contribution in [2.75, 3.05) is 26.2 Å². The van der Waals surface area contributed by atoms with Gasteiger partial charge in [-0.1, -0.05) is 0 Å². The molecule has 0 aromatic heterocycles. The van der Waals surface area contributed by atoms with Gasteiger partial charge in [0.25, 0.3) is 0 Å². The lowest BCUT2D eigenvalue weighted by Gasteiger charge is -2.41. The molecule has 0 atom stereocenters. The summed E-state index contributed by atoms with van der Waals surface area (Å²) < 4.78 is 0. The third kappa shape index (κ3) is 3.63. The Kier molecular flexibility index (Phi) is 4.76. The Morgan fingerprint density at radius 1 is 1.53 bits per heavy atom. The molecule has 1 heterocycles. The number of nitriles is 1. The topological polar surface area (TPSA) is 84.6 Å².